The molecule has 2 aromatic rings. The van der Waals surface area contributed by atoms with Gasteiger partial charge < -0.3 is 4.74 Å². The lowest BCUT2D eigenvalue weighted by atomic mass is 9.93. The van der Waals surface area contributed by atoms with E-state index in [1.165, 1.54) is 25.0 Å². The number of hydrogen-bond donors (Lipinski definition) is 0. The number of halogens is 4. The van der Waals surface area contributed by atoms with Gasteiger partial charge in [-0.25, -0.2) is 17.6 Å². The molecule has 2 unspecified atom stereocenters. The Bertz CT molecular complexity index is 1100. The number of ether oxygens (including phenoxy) is 1. The number of sulfonamides is 1. The van der Waals surface area contributed by atoms with E-state index in [0.717, 1.165) is 4.31 Å². The van der Waals surface area contributed by atoms with Crippen molar-refractivity contribution in [3.63, 3.8) is 0 Å². The van der Waals surface area contributed by atoms with Crippen LogP contribution in [0.3, 0.4) is 0 Å². The van der Waals surface area contributed by atoms with Gasteiger partial charge in [-0.05, 0) is 44.4 Å². The highest BCUT2D eigenvalue weighted by molar-refractivity contribution is 7.89. The highest BCUT2D eigenvalue weighted by Gasteiger charge is 2.37. The van der Waals surface area contributed by atoms with E-state index < -0.39 is 50.5 Å². The molecule has 2 atom stereocenters. The third-order valence-corrected chi connectivity index (χ3v) is 7.25. The Labute approximate surface area is 176 Å². The Morgan fingerprint density at radius 3 is 2.61 bits per heavy atom. The fourth-order valence-electron chi connectivity index (χ4n) is 3.75. The molecule has 0 N–H and O–H groups in total. The molecule has 0 bridgehead atoms. The van der Waals surface area contributed by atoms with Gasteiger partial charge in [-0.15, -0.1) is 0 Å². The molecule has 170 valence electrons. The van der Waals surface area contributed by atoms with Crippen LogP contribution in [-0.2, 0) is 32.2 Å². The van der Waals surface area contributed by atoms with Crippen molar-refractivity contribution in [2.45, 2.75) is 49.3 Å². The maximum absolute atomic E-state index is 13.8. The normalized spacial score (nSPS) is 18.0. The molecule has 1 aromatic heterocycles. The molecule has 0 fully saturated rings. The average Bonchev–Trinajstić information content (AvgIpc) is 3.15. The van der Waals surface area contributed by atoms with Gasteiger partial charge >= 0.3 is 12.1 Å². The van der Waals surface area contributed by atoms with Crippen molar-refractivity contribution in [2.24, 2.45) is 0 Å². The maximum atomic E-state index is 13.8. The lowest BCUT2D eigenvalue weighted by Gasteiger charge is -2.31. The summed E-state index contributed by atoms with van der Waals surface area (Å²) in [6, 6.07) is -0.234. The highest BCUT2D eigenvalue weighted by atomic mass is 32.2. The minimum Gasteiger partial charge on any atom is -0.467 e. The number of hydrogen-bond acceptors (Lipinski definition) is 5. The molecule has 0 amide bonds. The summed E-state index contributed by atoms with van der Waals surface area (Å²) < 4.78 is 86.1. The summed E-state index contributed by atoms with van der Waals surface area (Å²) in [5, 5.41) is 4.20. The van der Waals surface area contributed by atoms with Crippen LogP contribution in [0.1, 0.15) is 48.7 Å². The number of esters is 1. The maximum Gasteiger partial charge on any atom is 0.416 e. The van der Waals surface area contributed by atoms with Gasteiger partial charge in [-0.2, -0.15) is 22.6 Å². The molecule has 0 spiro atoms. The zero-order valence-electron chi connectivity index (χ0n) is 17.0. The molecule has 0 aliphatic heterocycles. The highest BCUT2D eigenvalue weighted by Crippen LogP contribution is 2.38. The number of aromatic nitrogens is 2. The quantitative estimate of drug-likeness (QED) is 0.501. The first-order valence-corrected chi connectivity index (χ1v) is 10.8. The van der Waals surface area contributed by atoms with Crippen molar-refractivity contribution in [1.82, 2.24) is 14.1 Å². The van der Waals surface area contributed by atoms with Crippen molar-refractivity contribution < 1.29 is 35.5 Å². The van der Waals surface area contributed by atoms with Gasteiger partial charge in [0.05, 0.1) is 29.8 Å². The number of benzene rings is 1. The van der Waals surface area contributed by atoms with Crippen molar-refractivity contribution in [1.29, 1.82) is 0 Å². The number of carbonyl (C=O) groups excluding carboxylic acids is 1. The zero-order chi connectivity index (χ0) is 23.1. The summed E-state index contributed by atoms with van der Waals surface area (Å²) >= 11 is 0. The van der Waals surface area contributed by atoms with Crippen LogP contribution in [0.2, 0.25) is 0 Å². The molecule has 0 saturated heterocycles. The van der Waals surface area contributed by atoms with Crippen molar-refractivity contribution in [2.75, 3.05) is 14.2 Å². The van der Waals surface area contributed by atoms with Gasteiger partial charge in [0.25, 0.3) is 0 Å². The summed E-state index contributed by atoms with van der Waals surface area (Å²) in [6.45, 7) is 1.59. The summed E-state index contributed by atoms with van der Waals surface area (Å²) in [5.41, 5.74) is -0.199. The Balaban J connectivity index is 2.00. The second kappa shape index (κ2) is 8.23. The number of carbonyl (C=O) groups is 1. The van der Waals surface area contributed by atoms with E-state index >= 15 is 0 Å². The number of alkyl halides is 3. The molecule has 7 nitrogen and oxygen atoms in total. The third kappa shape index (κ3) is 4.31. The van der Waals surface area contributed by atoms with E-state index in [0.29, 0.717) is 42.7 Å². The molecule has 12 heteroatoms. The van der Waals surface area contributed by atoms with Crippen molar-refractivity contribution >= 4 is 16.0 Å². The summed E-state index contributed by atoms with van der Waals surface area (Å²) in [4.78, 5) is 11.1. The largest absolute Gasteiger partial charge is 0.467 e. The van der Waals surface area contributed by atoms with Gasteiger partial charge in [-0.1, -0.05) is 0 Å². The second-order valence-electron chi connectivity index (χ2n) is 7.29. The molecule has 0 radical (unpaired) electrons. The van der Waals surface area contributed by atoms with Crippen LogP contribution >= 0.6 is 0 Å². The van der Waals surface area contributed by atoms with E-state index in [4.69, 9.17) is 4.74 Å². The van der Waals surface area contributed by atoms with E-state index in [-0.39, 0.29) is 6.07 Å². The van der Waals surface area contributed by atoms with Gasteiger partial charge in [0.15, 0.2) is 0 Å². The smallest absolute Gasteiger partial charge is 0.416 e. The molecule has 1 aliphatic rings. The van der Waals surface area contributed by atoms with Gasteiger partial charge in [-0.3, -0.25) is 4.68 Å². The molecule has 3 rings (SSSR count). The Hall–Kier alpha value is -2.47. The molecule has 1 aliphatic carbocycles. The van der Waals surface area contributed by atoms with Gasteiger partial charge in [0, 0.05) is 18.3 Å². The average molecular weight is 463 g/mol. The van der Waals surface area contributed by atoms with Crippen LogP contribution in [-0.4, -0.2) is 42.6 Å². The van der Waals surface area contributed by atoms with E-state index in [1.807, 2.05) is 0 Å². The predicted octanol–water partition coefficient (Wildman–Crippen LogP) is 3.47. The van der Waals surface area contributed by atoms with Crippen LogP contribution in [0.25, 0.3) is 0 Å². The van der Waals surface area contributed by atoms with Crippen LogP contribution in [0.15, 0.2) is 29.3 Å². The van der Waals surface area contributed by atoms with E-state index in [1.54, 1.807) is 6.92 Å². The van der Waals surface area contributed by atoms with E-state index in [2.05, 4.69) is 5.10 Å². The van der Waals surface area contributed by atoms with Gasteiger partial charge in [0.1, 0.15) is 11.9 Å². The first-order valence-electron chi connectivity index (χ1n) is 9.38. The second-order valence-corrected chi connectivity index (χ2v) is 9.29. The topological polar surface area (TPSA) is 81.5 Å². The standard InChI is InChI=1S/C19H21F4N3O4S/c1-11(18(27)30-3)26-17-6-4-5-16(15(17)10-24-26)25(2)31(28,29)14-8-12(19(21,22)23)7-13(20)9-14/h7-11,16H,4-6H2,1-3H3. The summed E-state index contributed by atoms with van der Waals surface area (Å²) in [7, 11) is -1.98. The fourth-order valence-corrected chi connectivity index (χ4v) is 5.17. The fraction of sp³-hybridized carbons (Fsp3) is 0.474. The van der Waals surface area contributed by atoms with Crippen LogP contribution < -0.4 is 0 Å². The monoisotopic (exact) mass is 463 g/mol. The van der Waals surface area contributed by atoms with Crippen LogP contribution in [0.4, 0.5) is 17.6 Å². The third-order valence-electron chi connectivity index (χ3n) is 5.40. The minimum atomic E-state index is -4.89. The minimum absolute atomic E-state index is 0.246. The molecular weight excluding hydrogens is 442 g/mol. The Morgan fingerprint density at radius 1 is 1.32 bits per heavy atom. The first kappa shape index (κ1) is 23.2. The Morgan fingerprint density at radius 2 is 2.00 bits per heavy atom. The molecular formula is C19H21F4N3O4S. The predicted molar refractivity (Wildman–Crippen MR) is 101 cm³/mol. The number of rotatable bonds is 5. The summed E-state index contributed by atoms with van der Waals surface area (Å²) in [6.07, 6.45) is -1.96. The molecule has 0 saturated carbocycles. The molecule has 1 heterocycles. The van der Waals surface area contributed by atoms with Crippen LogP contribution in [0.5, 0.6) is 0 Å². The Kier molecular flexibility index (Phi) is 6.16. The number of fused-ring (bicyclic) bond motifs is 1. The van der Waals surface area contributed by atoms with E-state index in [9.17, 15) is 30.8 Å². The lowest BCUT2D eigenvalue weighted by Crippen LogP contribution is -2.34. The van der Waals surface area contributed by atoms with Crippen LogP contribution in [0, 0.1) is 5.82 Å². The summed E-state index contributed by atoms with van der Waals surface area (Å²) in [5.74, 6) is -1.82. The molecule has 31 heavy (non-hydrogen) atoms. The van der Waals surface area contributed by atoms with Crippen molar-refractivity contribution in [3.05, 3.63) is 47.0 Å². The SMILES string of the molecule is COC(=O)C(C)n1ncc2c1CCCC2N(C)S(=O)(=O)c1cc(F)cc(C(F)(F)F)c1. The van der Waals surface area contributed by atoms with Gasteiger partial charge in [0.2, 0.25) is 10.0 Å². The first-order chi connectivity index (χ1) is 14.4. The molecule has 1 aromatic carbocycles. The number of nitrogens with zero attached hydrogens (tertiary/aromatic N) is 3. The zero-order valence-corrected chi connectivity index (χ0v) is 17.8. The van der Waals surface area contributed by atoms with Crippen molar-refractivity contribution in [3.8, 4) is 0 Å². The number of methoxy groups -OCH3 is 1. The lowest BCUT2D eigenvalue weighted by molar-refractivity contribution is -0.144.